The van der Waals surface area contributed by atoms with Crippen molar-refractivity contribution in [1.29, 1.82) is 0 Å². The maximum Gasteiger partial charge on any atom is 0.253 e. The van der Waals surface area contributed by atoms with Crippen LogP contribution in [0.1, 0.15) is 33.5 Å². The molecule has 33 heavy (non-hydrogen) atoms. The summed E-state index contributed by atoms with van der Waals surface area (Å²) in [7, 11) is -3.70. The van der Waals surface area contributed by atoms with Gasteiger partial charge in [0.15, 0.2) is 0 Å². The summed E-state index contributed by atoms with van der Waals surface area (Å²) in [5.74, 6) is -0.716. The van der Waals surface area contributed by atoms with E-state index in [1.165, 1.54) is 12.1 Å². The van der Waals surface area contributed by atoms with E-state index in [9.17, 15) is 18.0 Å². The van der Waals surface area contributed by atoms with Gasteiger partial charge in [0.05, 0.1) is 16.1 Å². The number of hydrogen-bond acceptors (Lipinski definition) is 4. The molecule has 0 spiro atoms. The van der Waals surface area contributed by atoms with Gasteiger partial charge in [0, 0.05) is 19.5 Å². The summed E-state index contributed by atoms with van der Waals surface area (Å²) >= 11 is 0. The minimum atomic E-state index is -3.70. The summed E-state index contributed by atoms with van der Waals surface area (Å²) < 4.78 is 27.1. The van der Waals surface area contributed by atoms with E-state index in [1.807, 2.05) is 38.1 Å². The zero-order chi connectivity index (χ0) is 23.8. The number of carbonyl (C=O) groups excluding carboxylic acids is 2. The van der Waals surface area contributed by atoms with E-state index in [1.54, 1.807) is 36.4 Å². The van der Waals surface area contributed by atoms with Gasteiger partial charge in [-0.1, -0.05) is 59.7 Å². The fourth-order valence-corrected chi connectivity index (χ4v) is 4.12. The molecule has 0 unspecified atom stereocenters. The van der Waals surface area contributed by atoms with Gasteiger partial charge in [-0.2, -0.15) is 0 Å². The number of carbonyl (C=O) groups is 2. The van der Waals surface area contributed by atoms with Gasteiger partial charge in [-0.25, -0.2) is 13.1 Å². The third-order valence-corrected chi connectivity index (χ3v) is 6.47. The summed E-state index contributed by atoms with van der Waals surface area (Å²) in [6, 6.07) is 21.0. The summed E-state index contributed by atoms with van der Waals surface area (Å²) in [5.41, 5.74) is 3.76. The maximum absolute atomic E-state index is 12.7. The second-order valence-corrected chi connectivity index (χ2v) is 9.49. The van der Waals surface area contributed by atoms with Gasteiger partial charge in [0.1, 0.15) is 0 Å². The standard InChI is InChI=1S/C25H27N3O4S/c1-18-7-11-20(12-8-18)17-26-25(30)22-5-3-4-6-23(22)28-24(29)15-16-27-33(31,32)21-13-9-19(2)10-14-21/h3-14,27H,15-17H2,1-2H3,(H,26,30)(H,28,29). The first-order chi connectivity index (χ1) is 15.7. The molecule has 3 aromatic carbocycles. The zero-order valence-corrected chi connectivity index (χ0v) is 19.4. The topological polar surface area (TPSA) is 104 Å². The molecule has 0 aliphatic carbocycles. The van der Waals surface area contributed by atoms with Crippen molar-refractivity contribution in [3.05, 3.63) is 95.1 Å². The minimum absolute atomic E-state index is 0.0656. The van der Waals surface area contributed by atoms with Gasteiger partial charge >= 0.3 is 0 Å². The Labute approximate surface area is 194 Å². The molecular weight excluding hydrogens is 438 g/mol. The minimum Gasteiger partial charge on any atom is -0.348 e. The Morgan fingerprint density at radius 2 is 1.42 bits per heavy atom. The SMILES string of the molecule is Cc1ccc(CNC(=O)c2ccccc2NC(=O)CCNS(=O)(=O)c2ccc(C)cc2)cc1. The van der Waals surface area contributed by atoms with Crippen molar-refractivity contribution < 1.29 is 18.0 Å². The molecule has 0 saturated carbocycles. The third-order valence-electron chi connectivity index (χ3n) is 4.99. The van der Waals surface area contributed by atoms with Gasteiger partial charge in [0.25, 0.3) is 5.91 Å². The molecule has 172 valence electrons. The van der Waals surface area contributed by atoms with Crippen LogP contribution in [0.25, 0.3) is 0 Å². The van der Waals surface area contributed by atoms with Crippen molar-refractivity contribution in [3.63, 3.8) is 0 Å². The van der Waals surface area contributed by atoms with Crippen molar-refractivity contribution in [3.8, 4) is 0 Å². The van der Waals surface area contributed by atoms with Gasteiger partial charge < -0.3 is 10.6 Å². The summed E-state index contributed by atoms with van der Waals surface area (Å²) in [5, 5.41) is 5.55. The van der Waals surface area contributed by atoms with Gasteiger partial charge in [0.2, 0.25) is 15.9 Å². The molecule has 0 aliphatic heterocycles. The summed E-state index contributed by atoms with van der Waals surface area (Å²) in [4.78, 5) is 25.2. The molecule has 2 amide bonds. The molecule has 0 bridgehead atoms. The molecule has 0 atom stereocenters. The molecule has 0 saturated heterocycles. The lowest BCUT2D eigenvalue weighted by atomic mass is 10.1. The molecule has 8 heteroatoms. The third kappa shape index (κ3) is 7.00. The van der Waals surface area contributed by atoms with Gasteiger partial charge in [-0.15, -0.1) is 0 Å². The predicted octanol–water partition coefficient (Wildman–Crippen LogP) is 3.54. The van der Waals surface area contributed by atoms with E-state index in [2.05, 4.69) is 15.4 Å². The van der Waals surface area contributed by atoms with Crippen LogP contribution in [0, 0.1) is 13.8 Å². The highest BCUT2D eigenvalue weighted by Crippen LogP contribution is 2.16. The van der Waals surface area contributed by atoms with Crippen LogP contribution in [0.2, 0.25) is 0 Å². The van der Waals surface area contributed by atoms with Crippen LogP contribution in [0.5, 0.6) is 0 Å². The summed E-state index contributed by atoms with van der Waals surface area (Å²) in [6.45, 7) is 4.16. The highest BCUT2D eigenvalue weighted by molar-refractivity contribution is 7.89. The lowest BCUT2D eigenvalue weighted by Gasteiger charge is -2.12. The Morgan fingerprint density at radius 1 is 0.818 bits per heavy atom. The Kier molecular flexibility index (Phi) is 7.97. The van der Waals surface area contributed by atoms with Crippen LogP contribution < -0.4 is 15.4 Å². The Morgan fingerprint density at radius 3 is 2.09 bits per heavy atom. The molecule has 0 aliphatic rings. The largest absolute Gasteiger partial charge is 0.348 e. The van der Waals surface area contributed by atoms with E-state index in [0.29, 0.717) is 17.8 Å². The average molecular weight is 466 g/mol. The van der Waals surface area contributed by atoms with Gasteiger partial charge in [-0.05, 0) is 43.7 Å². The number of nitrogens with one attached hydrogen (secondary N) is 3. The van der Waals surface area contributed by atoms with E-state index in [0.717, 1.165) is 16.7 Å². The lowest BCUT2D eigenvalue weighted by molar-refractivity contribution is -0.116. The predicted molar refractivity (Wildman–Crippen MR) is 128 cm³/mol. The smallest absolute Gasteiger partial charge is 0.253 e. The second-order valence-electron chi connectivity index (χ2n) is 7.72. The first kappa shape index (κ1) is 24.2. The fourth-order valence-electron chi connectivity index (χ4n) is 3.09. The molecule has 0 aromatic heterocycles. The molecular formula is C25H27N3O4S. The molecule has 0 radical (unpaired) electrons. The van der Waals surface area contributed by atoms with E-state index in [4.69, 9.17) is 0 Å². The van der Waals surface area contributed by atoms with Crippen LogP contribution in [0.4, 0.5) is 5.69 Å². The number of rotatable bonds is 9. The Hall–Kier alpha value is -3.49. The number of benzene rings is 3. The Bertz CT molecular complexity index is 1220. The van der Waals surface area contributed by atoms with Crippen LogP contribution in [0.15, 0.2) is 77.7 Å². The van der Waals surface area contributed by atoms with Crippen molar-refractivity contribution in [2.75, 3.05) is 11.9 Å². The van der Waals surface area contributed by atoms with Gasteiger partial charge in [-0.3, -0.25) is 9.59 Å². The molecule has 7 nitrogen and oxygen atoms in total. The monoisotopic (exact) mass is 465 g/mol. The molecule has 3 N–H and O–H groups in total. The second kappa shape index (κ2) is 10.9. The quantitative estimate of drug-likeness (QED) is 0.450. The number of para-hydroxylation sites is 1. The normalized spacial score (nSPS) is 11.1. The van der Waals surface area contributed by atoms with E-state index >= 15 is 0 Å². The van der Waals surface area contributed by atoms with Crippen molar-refractivity contribution >= 4 is 27.5 Å². The van der Waals surface area contributed by atoms with E-state index < -0.39 is 15.9 Å². The van der Waals surface area contributed by atoms with Crippen LogP contribution in [-0.4, -0.2) is 26.8 Å². The van der Waals surface area contributed by atoms with E-state index in [-0.39, 0.29) is 23.8 Å². The van der Waals surface area contributed by atoms with Crippen LogP contribution in [-0.2, 0) is 21.4 Å². The number of hydrogen-bond donors (Lipinski definition) is 3. The number of aryl methyl sites for hydroxylation is 2. The average Bonchev–Trinajstić information content (AvgIpc) is 2.79. The Balaban J connectivity index is 1.55. The first-order valence-electron chi connectivity index (χ1n) is 10.5. The first-order valence-corrected chi connectivity index (χ1v) is 12.0. The van der Waals surface area contributed by atoms with Crippen LogP contribution in [0.3, 0.4) is 0 Å². The lowest BCUT2D eigenvalue weighted by Crippen LogP contribution is -2.28. The van der Waals surface area contributed by atoms with Crippen molar-refractivity contribution in [2.45, 2.75) is 31.7 Å². The van der Waals surface area contributed by atoms with Crippen molar-refractivity contribution in [1.82, 2.24) is 10.0 Å². The number of anilines is 1. The van der Waals surface area contributed by atoms with Crippen LogP contribution >= 0.6 is 0 Å². The summed E-state index contributed by atoms with van der Waals surface area (Å²) in [6.07, 6.45) is -0.0790. The highest BCUT2D eigenvalue weighted by atomic mass is 32.2. The van der Waals surface area contributed by atoms with Crippen molar-refractivity contribution in [2.24, 2.45) is 0 Å². The maximum atomic E-state index is 12.7. The molecule has 0 fully saturated rings. The molecule has 3 rings (SSSR count). The number of sulfonamides is 1. The zero-order valence-electron chi connectivity index (χ0n) is 18.6. The molecule has 3 aromatic rings. The fraction of sp³-hybridized carbons (Fsp3) is 0.200. The number of amides is 2. The highest BCUT2D eigenvalue weighted by Gasteiger charge is 2.16. The molecule has 0 heterocycles.